The third kappa shape index (κ3) is 2.19. The monoisotopic (exact) mass is 187 g/mol. The fourth-order valence-electron chi connectivity index (χ4n) is 1.62. The first-order chi connectivity index (χ1) is 6.22. The van der Waals surface area contributed by atoms with Gasteiger partial charge in [-0.1, -0.05) is 6.92 Å². The molecular weight excluding hydrogens is 170 g/mol. The van der Waals surface area contributed by atoms with Crippen LogP contribution in [0.4, 0.5) is 0 Å². The Morgan fingerprint density at radius 2 is 1.77 bits per heavy atom. The summed E-state index contributed by atoms with van der Waals surface area (Å²) in [7, 11) is 3.30. The van der Waals surface area contributed by atoms with E-state index in [0.717, 1.165) is 0 Å². The van der Waals surface area contributed by atoms with E-state index in [1.807, 2.05) is 6.92 Å². The number of carbonyl (C=O) groups is 1. The number of methoxy groups -OCH3 is 2. The quantitative estimate of drug-likeness (QED) is 0.636. The molecule has 13 heavy (non-hydrogen) atoms. The lowest BCUT2D eigenvalue weighted by Gasteiger charge is -2.13. The van der Waals surface area contributed by atoms with Crippen molar-refractivity contribution in [3.63, 3.8) is 0 Å². The van der Waals surface area contributed by atoms with Gasteiger partial charge in [0.1, 0.15) is 12.2 Å². The van der Waals surface area contributed by atoms with Crippen LogP contribution in [0, 0.1) is 0 Å². The molecule has 0 aromatic carbocycles. The molecule has 2 atom stereocenters. The molecule has 0 aliphatic carbocycles. The van der Waals surface area contributed by atoms with E-state index in [-0.39, 0.29) is 18.1 Å². The number of amides is 1. The van der Waals surface area contributed by atoms with Gasteiger partial charge in [-0.05, 0) is 0 Å². The molecule has 0 aromatic heterocycles. The second-order valence-corrected chi connectivity index (χ2v) is 3.20. The summed E-state index contributed by atoms with van der Waals surface area (Å²) in [6.07, 6.45) is 0.605. The molecule has 76 valence electrons. The average Bonchev–Trinajstić information content (AvgIpc) is 2.59. The Kier molecular flexibility index (Phi) is 3.69. The first kappa shape index (κ1) is 10.5. The van der Waals surface area contributed by atoms with Crippen molar-refractivity contribution in [2.45, 2.75) is 25.6 Å². The van der Waals surface area contributed by atoms with Gasteiger partial charge < -0.3 is 14.4 Å². The van der Waals surface area contributed by atoms with Crippen LogP contribution >= 0.6 is 0 Å². The summed E-state index contributed by atoms with van der Waals surface area (Å²) in [4.78, 5) is 13.1. The summed E-state index contributed by atoms with van der Waals surface area (Å²) >= 11 is 0. The Hall–Kier alpha value is -0.610. The van der Waals surface area contributed by atoms with Gasteiger partial charge in [0.25, 0.3) is 0 Å². The Labute approximate surface area is 78.8 Å². The summed E-state index contributed by atoms with van der Waals surface area (Å²) in [5.74, 6) is 0.168. The maximum Gasteiger partial charge on any atom is 0.222 e. The molecule has 0 spiro atoms. The molecule has 1 amide bonds. The van der Waals surface area contributed by atoms with Gasteiger partial charge >= 0.3 is 0 Å². The van der Waals surface area contributed by atoms with Crippen LogP contribution in [0.5, 0.6) is 0 Å². The molecule has 0 radical (unpaired) electrons. The molecule has 4 nitrogen and oxygen atoms in total. The number of hydrogen-bond donors (Lipinski definition) is 0. The highest BCUT2D eigenvalue weighted by atomic mass is 16.5. The molecule has 1 rings (SSSR count). The molecule has 0 N–H and O–H groups in total. The zero-order valence-electron chi connectivity index (χ0n) is 8.45. The molecule has 4 heteroatoms. The second-order valence-electron chi connectivity index (χ2n) is 3.20. The fraction of sp³-hybridized carbons (Fsp3) is 0.889. The maximum atomic E-state index is 11.4. The molecule has 1 fully saturated rings. The average molecular weight is 187 g/mol. The Morgan fingerprint density at radius 1 is 1.31 bits per heavy atom. The van der Waals surface area contributed by atoms with E-state index < -0.39 is 0 Å². The normalized spacial score (nSPS) is 28.1. The lowest BCUT2D eigenvalue weighted by molar-refractivity contribution is -0.130. The van der Waals surface area contributed by atoms with Gasteiger partial charge in [-0.25, -0.2) is 0 Å². The largest absolute Gasteiger partial charge is 0.377 e. The topological polar surface area (TPSA) is 38.8 Å². The Balaban J connectivity index is 2.52. The van der Waals surface area contributed by atoms with Gasteiger partial charge in [-0.15, -0.1) is 0 Å². The van der Waals surface area contributed by atoms with Crippen LogP contribution in [0.3, 0.4) is 0 Å². The van der Waals surface area contributed by atoms with Crippen molar-refractivity contribution in [3.05, 3.63) is 0 Å². The van der Waals surface area contributed by atoms with Gasteiger partial charge in [0.05, 0.1) is 0 Å². The summed E-state index contributed by atoms with van der Waals surface area (Å²) in [6, 6.07) is 0. The predicted molar refractivity (Wildman–Crippen MR) is 48.5 cm³/mol. The van der Waals surface area contributed by atoms with Crippen molar-refractivity contribution < 1.29 is 14.3 Å². The third-order valence-corrected chi connectivity index (χ3v) is 2.48. The van der Waals surface area contributed by atoms with E-state index in [1.54, 1.807) is 19.1 Å². The van der Waals surface area contributed by atoms with E-state index in [9.17, 15) is 4.79 Å². The lowest BCUT2D eigenvalue weighted by atomic mass is 10.3. The van der Waals surface area contributed by atoms with Crippen molar-refractivity contribution in [1.82, 2.24) is 4.90 Å². The van der Waals surface area contributed by atoms with E-state index in [2.05, 4.69) is 0 Å². The second kappa shape index (κ2) is 4.58. The molecule has 1 saturated heterocycles. The minimum absolute atomic E-state index is 0.0282. The van der Waals surface area contributed by atoms with Crippen molar-refractivity contribution in [2.24, 2.45) is 0 Å². The number of carbonyl (C=O) groups excluding carboxylic acids is 1. The molecule has 1 aliphatic heterocycles. The van der Waals surface area contributed by atoms with Gasteiger partial charge in [-0.3, -0.25) is 4.79 Å². The van der Waals surface area contributed by atoms with Crippen LogP contribution < -0.4 is 0 Å². The van der Waals surface area contributed by atoms with Crippen molar-refractivity contribution in [2.75, 3.05) is 27.3 Å². The van der Waals surface area contributed by atoms with Gasteiger partial charge in [0.2, 0.25) is 5.91 Å². The smallest absolute Gasteiger partial charge is 0.222 e. The zero-order chi connectivity index (χ0) is 9.84. The van der Waals surface area contributed by atoms with Crippen LogP contribution in [0.2, 0.25) is 0 Å². The summed E-state index contributed by atoms with van der Waals surface area (Å²) < 4.78 is 10.4. The minimum Gasteiger partial charge on any atom is -0.377 e. The van der Waals surface area contributed by atoms with Crippen LogP contribution in [0.25, 0.3) is 0 Å². The Morgan fingerprint density at radius 3 is 2.08 bits per heavy atom. The van der Waals surface area contributed by atoms with Gasteiger partial charge in [0, 0.05) is 33.7 Å². The van der Waals surface area contributed by atoms with Gasteiger partial charge in [-0.2, -0.15) is 0 Å². The van der Waals surface area contributed by atoms with E-state index in [1.165, 1.54) is 0 Å². The number of rotatable bonds is 3. The summed E-state index contributed by atoms with van der Waals surface area (Å²) in [6.45, 7) is 3.17. The Bertz CT molecular complexity index is 172. The van der Waals surface area contributed by atoms with Crippen LogP contribution in [0.1, 0.15) is 13.3 Å². The first-order valence-corrected chi connectivity index (χ1v) is 4.56. The van der Waals surface area contributed by atoms with Gasteiger partial charge in [0.15, 0.2) is 0 Å². The van der Waals surface area contributed by atoms with Crippen molar-refractivity contribution in [1.29, 1.82) is 0 Å². The highest BCUT2D eigenvalue weighted by molar-refractivity contribution is 5.76. The molecule has 0 bridgehead atoms. The van der Waals surface area contributed by atoms with Crippen molar-refractivity contribution >= 4 is 5.91 Å². The highest BCUT2D eigenvalue weighted by Crippen LogP contribution is 2.16. The highest BCUT2D eigenvalue weighted by Gasteiger charge is 2.34. The summed E-state index contributed by atoms with van der Waals surface area (Å²) in [5, 5.41) is 0. The fourth-order valence-corrected chi connectivity index (χ4v) is 1.62. The summed E-state index contributed by atoms with van der Waals surface area (Å²) in [5.41, 5.74) is 0. The number of nitrogens with zero attached hydrogens (tertiary/aromatic N) is 1. The van der Waals surface area contributed by atoms with Crippen LogP contribution in [-0.2, 0) is 14.3 Å². The third-order valence-electron chi connectivity index (χ3n) is 2.48. The molecule has 0 unspecified atom stereocenters. The number of hydrogen-bond acceptors (Lipinski definition) is 3. The lowest BCUT2D eigenvalue weighted by Crippen LogP contribution is -2.29. The zero-order valence-corrected chi connectivity index (χ0v) is 8.45. The molecular formula is C9H17NO3. The number of likely N-dealkylation sites (tertiary alicyclic amines) is 1. The molecule has 1 heterocycles. The molecule has 1 aliphatic rings. The maximum absolute atomic E-state index is 11.4. The standard InChI is InChI=1S/C9H17NO3/c1-4-9(11)10-5-7(12-2)8(6-10)13-3/h7-8H,4-6H2,1-3H3/t7-,8-/m0/s1. The van der Waals surface area contributed by atoms with Crippen LogP contribution in [-0.4, -0.2) is 50.3 Å². The van der Waals surface area contributed by atoms with E-state index in [4.69, 9.17) is 9.47 Å². The van der Waals surface area contributed by atoms with E-state index >= 15 is 0 Å². The predicted octanol–water partition coefficient (Wildman–Crippen LogP) is 0.269. The minimum atomic E-state index is 0.0282. The first-order valence-electron chi connectivity index (χ1n) is 4.56. The molecule has 0 aromatic rings. The van der Waals surface area contributed by atoms with Crippen LogP contribution in [0.15, 0.2) is 0 Å². The van der Waals surface area contributed by atoms with E-state index in [0.29, 0.717) is 19.5 Å². The number of ether oxygens (including phenoxy) is 2. The molecule has 0 saturated carbocycles. The van der Waals surface area contributed by atoms with Crippen molar-refractivity contribution in [3.8, 4) is 0 Å². The SMILES string of the molecule is CCC(=O)N1C[C@H](OC)[C@@H](OC)C1.